The van der Waals surface area contributed by atoms with Crippen LogP contribution in [0.25, 0.3) is 0 Å². The Labute approximate surface area is 47.6 Å². The summed E-state index contributed by atoms with van der Waals surface area (Å²) in [4.78, 5) is 0. The Morgan fingerprint density at radius 2 is 2.00 bits per heavy atom. The summed E-state index contributed by atoms with van der Waals surface area (Å²) in [5.41, 5.74) is 5.02. The summed E-state index contributed by atoms with van der Waals surface area (Å²) in [6, 6.07) is -0.826. The normalized spacial score (nSPS) is 16.1. The number of nitrogens with two attached hydrogens (primary N) is 1. The molecule has 0 radical (unpaired) electrons. The molecule has 0 aliphatic rings. The Hall–Kier alpha value is -0.160. The van der Waals surface area contributed by atoms with E-state index < -0.39 is 18.4 Å². The first-order valence-corrected chi connectivity index (χ1v) is 2.32. The van der Waals surface area contributed by atoms with E-state index in [1.165, 1.54) is 6.92 Å². The lowest BCUT2D eigenvalue weighted by Gasteiger charge is -2.22. The number of hydrogen-bond donors (Lipinski definition) is 4. The average Bonchev–Trinajstić information content (AvgIpc) is 1.67. The van der Waals surface area contributed by atoms with Crippen LogP contribution in [0, 0.1) is 0 Å². The zero-order valence-corrected chi connectivity index (χ0v) is 4.70. The molecule has 1 atom stereocenters. The van der Waals surface area contributed by atoms with E-state index in [2.05, 4.69) is 0 Å². The molecule has 0 amide bonds. The van der Waals surface area contributed by atoms with Crippen LogP contribution < -0.4 is 5.73 Å². The minimum absolute atomic E-state index is 0.731. The Bertz CT molecular complexity index is 71.7. The highest BCUT2D eigenvalue weighted by atomic mass is 16.5. The topological polar surface area (TPSA) is 86.7 Å². The van der Waals surface area contributed by atoms with E-state index >= 15 is 0 Å². The summed E-state index contributed by atoms with van der Waals surface area (Å²) in [6.07, 6.45) is 0. The summed E-state index contributed by atoms with van der Waals surface area (Å²) in [6.45, 7) is 0.668. The van der Waals surface area contributed by atoms with Gasteiger partial charge in [-0.15, -0.1) is 0 Å². The SMILES string of the molecule is CC(N)C(O)(O)CO. The highest BCUT2D eigenvalue weighted by Crippen LogP contribution is 2.00. The molecule has 5 N–H and O–H groups in total. The fourth-order valence-electron chi connectivity index (χ4n) is 0.144. The van der Waals surface area contributed by atoms with Crippen molar-refractivity contribution in [1.29, 1.82) is 0 Å². The van der Waals surface area contributed by atoms with Crippen LogP contribution in [0.15, 0.2) is 0 Å². The summed E-state index contributed by atoms with van der Waals surface area (Å²) in [5, 5.41) is 25.3. The van der Waals surface area contributed by atoms with Gasteiger partial charge in [-0.05, 0) is 6.92 Å². The van der Waals surface area contributed by atoms with E-state index in [-0.39, 0.29) is 0 Å². The molecule has 0 heterocycles. The number of aliphatic hydroxyl groups excluding tert-OH is 1. The first kappa shape index (κ1) is 7.84. The fourth-order valence-corrected chi connectivity index (χ4v) is 0.144. The Morgan fingerprint density at radius 1 is 1.62 bits per heavy atom. The van der Waals surface area contributed by atoms with Crippen LogP contribution in [0.4, 0.5) is 0 Å². The predicted octanol–water partition coefficient (Wildman–Crippen LogP) is -1.99. The molecule has 0 spiro atoms. The largest absolute Gasteiger partial charge is 0.391 e. The molecule has 0 aromatic heterocycles. The van der Waals surface area contributed by atoms with Crippen molar-refractivity contribution in [2.75, 3.05) is 6.61 Å². The van der Waals surface area contributed by atoms with Crippen LogP contribution >= 0.6 is 0 Å². The third-order valence-electron chi connectivity index (χ3n) is 0.962. The van der Waals surface area contributed by atoms with Gasteiger partial charge >= 0.3 is 0 Å². The molecule has 0 saturated heterocycles. The summed E-state index contributed by atoms with van der Waals surface area (Å²) in [5.74, 6) is -2.12. The maximum atomic E-state index is 8.58. The third kappa shape index (κ3) is 1.75. The van der Waals surface area contributed by atoms with E-state index in [0.29, 0.717) is 0 Å². The lowest BCUT2D eigenvalue weighted by Crippen LogP contribution is -2.48. The standard InChI is InChI=1S/C4H11NO3/c1-3(5)4(7,8)2-6/h3,6-8H,2,5H2,1H3. The molecule has 0 aromatic rings. The van der Waals surface area contributed by atoms with Crippen LogP contribution in [0.2, 0.25) is 0 Å². The molecule has 1 unspecified atom stereocenters. The van der Waals surface area contributed by atoms with Gasteiger partial charge in [-0.1, -0.05) is 0 Å². The first-order chi connectivity index (χ1) is 3.50. The van der Waals surface area contributed by atoms with Crippen molar-refractivity contribution in [3.05, 3.63) is 0 Å². The van der Waals surface area contributed by atoms with Crippen LogP contribution in [0.1, 0.15) is 6.92 Å². The predicted molar refractivity (Wildman–Crippen MR) is 27.9 cm³/mol. The van der Waals surface area contributed by atoms with Gasteiger partial charge in [0.05, 0.1) is 12.6 Å². The van der Waals surface area contributed by atoms with Crippen LogP contribution in [-0.2, 0) is 0 Å². The van der Waals surface area contributed by atoms with Crippen molar-refractivity contribution in [3.63, 3.8) is 0 Å². The molecule has 50 valence electrons. The molecular weight excluding hydrogens is 110 g/mol. The lowest BCUT2D eigenvalue weighted by atomic mass is 10.1. The molecule has 0 fully saturated rings. The zero-order valence-electron chi connectivity index (χ0n) is 4.70. The smallest absolute Gasteiger partial charge is 0.201 e. The van der Waals surface area contributed by atoms with Crippen molar-refractivity contribution in [1.82, 2.24) is 0 Å². The van der Waals surface area contributed by atoms with Gasteiger partial charge in [0.1, 0.15) is 0 Å². The second kappa shape index (κ2) is 2.41. The van der Waals surface area contributed by atoms with E-state index in [1.54, 1.807) is 0 Å². The summed E-state index contributed by atoms with van der Waals surface area (Å²) in [7, 11) is 0. The van der Waals surface area contributed by atoms with Gasteiger partial charge in [-0.2, -0.15) is 0 Å². The van der Waals surface area contributed by atoms with E-state index in [1.807, 2.05) is 0 Å². The third-order valence-corrected chi connectivity index (χ3v) is 0.962. The molecule has 0 aromatic carbocycles. The van der Waals surface area contributed by atoms with Crippen molar-refractivity contribution < 1.29 is 15.3 Å². The molecule has 8 heavy (non-hydrogen) atoms. The molecule has 4 heteroatoms. The highest BCUT2D eigenvalue weighted by molar-refractivity contribution is 4.72. The average molecular weight is 121 g/mol. The second-order valence-electron chi connectivity index (χ2n) is 1.83. The Kier molecular flexibility index (Phi) is 2.36. The monoisotopic (exact) mass is 121 g/mol. The molecule has 0 aliphatic heterocycles. The van der Waals surface area contributed by atoms with E-state index in [0.717, 1.165) is 0 Å². The van der Waals surface area contributed by atoms with Gasteiger partial charge in [-0.3, -0.25) is 0 Å². The molecule has 0 aliphatic carbocycles. The zero-order chi connectivity index (χ0) is 6.78. The number of aliphatic hydroxyl groups is 3. The molecule has 4 nitrogen and oxygen atoms in total. The Balaban J connectivity index is 3.71. The molecule has 0 rings (SSSR count). The Morgan fingerprint density at radius 3 is 2.00 bits per heavy atom. The minimum atomic E-state index is -2.12. The highest BCUT2D eigenvalue weighted by Gasteiger charge is 2.26. The maximum Gasteiger partial charge on any atom is 0.201 e. The quantitative estimate of drug-likeness (QED) is 0.318. The van der Waals surface area contributed by atoms with Gasteiger partial charge in [0.2, 0.25) is 5.79 Å². The van der Waals surface area contributed by atoms with Gasteiger partial charge in [0, 0.05) is 0 Å². The first-order valence-electron chi connectivity index (χ1n) is 2.32. The van der Waals surface area contributed by atoms with E-state index in [4.69, 9.17) is 21.1 Å². The van der Waals surface area contributed by atoms with Gasteiger partial charge in [0.25, 0.3) is 0 Å². The van der Waals surface area contributed by atoms with Crippen LogP contribution in [0.5, 0.6) is 0 Å². The second-order valence-corrected chi connectivity index (χ2v) is 1.83. The van der Waals surface area contributed by atoms with Crippen molar-refractivity contribution in [2.45, 2.75) is 18.8 Å². The fraction of sp³-hybridized carbons (Fsp3) is 1.00. The summed E-state index contributed by atoms with van der Waals surface area (Å²) < 4.78 is 0. The van der Waals surface area contributed by atoms with Crippen molar-refractivity contribution >= 4 is 0 Å². The van der Waals surface area contributed by atoms with Gasteiger partial charge < -0.3 is 21.1 Å². The molecular formula is C4H11NO3. The number of rotatable bonds is 2. The minimum Gasteiger partial charge on any atom is -0.391 e. The van der Waals surface area contributed by atoms with E-state index in [9.17, 15) is 0 Å². The molecule has 0 saturated carbocycles. The number of hydrogen-bond acceptors (Lipinski definition) is 4. The van der Waals surface area contributed by atoms with Crippen LogP contribution in [0.3, 0.4) is 0 Å². The van der Waals surface area contributed by atoms with Crippen molar-refractivity contribution in [2.24, 2.45) is 5.73 Å². The summed E-state index contributed by atoms with van der Waals surface area (Å²) >= 11 is 0. The molecule has 0 bridgehead atoms. The maximum absolute atomic E-state index is 8.58. The van der Waals surface area contributed by atoms with Gasteiger partial charge in [-0.25, -0.2) is 0 Å². The van der Waals surface area contributed by atoms with Crippen LogP contribution in [-0.4, -0.2) is 33.8 Å². The van der Waals surface area contributed by atoms with Gasteiger partial charge in [0.15, 0.2) is 0 Å². The van der Waals surface area contributed by atoms with Crippen molar-refractivity contribution in [3.8, 4) is 0 Å². The lowest BCUT2D eigenvalue weighted by molar-refractivity contribution is -0.197.